The third kappa shape index (κ3) is 4.31. The summed E-state index contributed by atoms with van der Waals surface area (Å²) in [5, 5.41) is 3.21. The van der Waals surface area contributed by atoms with E-state index in [9.17, 15) is 4.79 Å². The molecule has 0 saturated heterocycles. The first-order valence-electron chi connectivity index (χ1n) is 8.93. The van der Waals surface area contributed by atoms with Crippen LogP contribution in [0.25, 0.3) is 16.9 Å². The van der Waals surface area contributed by atoms with Crippen molar-refractivity contribution < 1.29 is 14.3 Å². The highest BCUT2D eigenvalue weighted by atomic mass is 79.9. The molecular formula is C22H22BrN5O3. The summed E-state index contributed by atoms with van der Waals surface area (Å²) in [7, 11) is 3.17. The number of aromatic nitrogens is 3. The van der Waals surface area contributed by atoms with Crippen molar-refractivity contribution in [3.8, 4) is 22.8 Å². The Hall–Kier alpha value is -3.59. The molecule has 2 aromatic carbocycles. The molecule has 0 fully saturated rings. The van der Waals surface area contributed by atoms with Crippen LogP contribution in [-0.4, -0.2) is 34.5 Å². The van der Waals surface area contributed by atoms with Crippen molar-refractivity contribution in [2.45, 2.75) is 7.43 Å². The Morgan fingerprint density at radius 1 is 1.10 bits per heavy atom. The number of hydrogen-bond acceptors (Lipinski definition) is 6. The van der Waals surface area contributed by atoms with E-state index in [1.807, 2.05) is 30.3 Å². The predicted octanol–water partition coefficient (Wildman–Crippen LogP) is 4.65. The van der Waals surface area contributed by atoms with E-state index in [0.717, 1.165) is 10.0 Å². The number of carbonyl (C=O) groups excluding carboxylic acids is 1. The molecule has 8 nitrogen and oxygen atoms in total. The number of rotatable bonds is 6. The predicted molar refractivity (Wildman–Crippen MR) is 124 cm³/mol. The van der Waals surface area contributed by atoms with Gasteiger partial charge in [-0.1, -0.05) is 23.4 Å². The lowest BCUT2D eigenvalue weighted by Crippen LogP contribution is -2.14. The molecule has 0 aliphatic rings. The van der Waals surface area contributed by atoms with Crippen molar-refractivity contribution >= 4 is 39.1 Å². The second kappa shape index (κ2) is 9.05. The Kier molecular flexibility index (Phi) is 6.45. The first-order chi connectivity index (χ1) is 14.5. The maximum Gasteiger partial charge on any atom is 0.250 e. The van der Waals surface area contributed by atoms with Gasteiger partial charge in [0.2, 0.25) is 5.95 Å². The van der Waals surface area contributed by atoms with Crippen molar-refractivity contribution in [2.24, 2.45) is 5.73 Å². The topological polar surface area (TPSA) is 104 Å². The van der Waals surface area contributed by atoms with Crippen LogP contribution in [-0.2, 0) is 0 Å². The summed E-state index contributed by atoms with van der Waals surface area (Å²) >= 11 is 3.36. The zero-order valence-electron chi connectivity index (χ0n) is 16.2. The summed E-state index contributed by atoms with van der Waals surface area (Å²) in [6.45, 7) is 0. The number of fused-ring (bicyclic) bond motifs is 1. The minimum absolute atomic E-state index is 0. The highest BCUT2D eigenvalue weighted by Gasteiger charge is 2.14. The molecule has 3 N–H and O–H groups in total. The zero-order valence-corrected chi connectivity index (χ0v) is 17.8. The highest BCUT2D eigenvalue weighted by Crippen LogP contribution is 2.33. The van der Waals surface area contributed by atoms with E-state index in [1.54, 1.807) is 43.1 Å². The number of amides is 1. The fourth-order valence-electron chi connectivity index (χ4n) is 3.10. The van der Waals surface area contributed by atoms with E-state index in [4.69, 9.17) is 20.2 Å². The van der Waals surface area contributed by atoms with Gasteiger partial charge in [-0.25, -0.2) is 9.97 Å². The molecule has 0 aliphatic heterocycles. The number of halogens is 1. The number of ether oxygens (including phenoxy) is 2. The SMILES string of the molecule is C.COc1ccc(-c2cc3nccn3c(Nc3ccc(Br)cc3C(N)=O)n2)cc1OC. The number of nitrogens with zero attached hydrogens (tertiary/aromatic N) is 3. The third-order valence-electron chi connectivity index (χ3n) is 4.56. The average molecular weight is 484 g/mol. The van der Waals surface area contributed by atoms with Crippen LogP contribution >= 0.6 is 15.9 Å². The standard InChI is InChI=1S/C21H18BrN5O3.CH4/c1-29-17-6-3-12(9-18(17)30-2)16-11-19-24-7-8-27(19)21(26-16)25-15-5-4-13(22)10-14(15)20(23)28;/h3-11H,1-2H3,(H2,23,28)(H,25,26);1H4. The second-order valence-corrected chi connectivity index (χ2v) is 7.29. The van der Waals surface area contributed by atoms with Gasteiger partial charge < -0.3 is 20.5 Å². The first-order valence-corrected chi connectivity index (χ1v) is 9.72. The van der Waals surface area contributed by atoms with Crippen LogP contribution in [0, 0.1) is 0 Å². The van der Waals surface area contributed by atoms with Gasteiger partial charge >= 0.3 is 0 Å². The molecule has 0 spiro atoms. The molecule has 0 bridgehead atoms. The molecule has 0 unspecified atom stereocenters. The molecule has 4 rings (SSSR count). The number of imidazole rings is 1. The zero-order chi connectivity index (χ0) is 21.3. The summed E-state index contributed by atoms with van der Waals surface area (Å²) in [4.78, 5) is 21.0. The van der Waals surface area contributed by atoms with Gasteiger partial charge in [-0.3, -0.25) is 9.20 Å². The van der Waals surface area contributed by atoms with Gasteiger partial charge in [0.1, 0.15) is 5.65 Å². The number of benzene rings is 2. The monoisotopic (exact) mass is 483 g/mol. The van der Waals surface area contributed by atoms with Gasteiger partial charge in [-0.05, 0) is 36.4 Å². The molecule has 160 valence electrons. The van der Waals surface area contributed by atoms with Gasteiger partial charge in [0.25, 0.3) is 5.91 Å². The first kappa shape index (κ1) is 22.1. The Labute approximate surface area is 188 Å². The van der Waals surface area contributed by atoms with E-state index >= 15 is 0 Å². The number of carbonyl (C=O) groups is 1. The van der Waals surface area contributed by atoms with Crippen LogP contribution in [0.5, 0.6) is 11.5 Å². The van der Waals surface area contributed by atoms with Crippen molar-refractivity contribution in [1.82, 2.24) is 14.4 Å². The van der Waals surface area contributed by atoms with Crippen molar-refractivity contribution in [3.63, 3.8) is 0 Å². The Balaban J connectivity index is 0.00000272. The maximum atomic E-state index is 11.9. The number of anilines is 2. The number of methoxy groups -OCH3 is 2. The van der Waals surface area contributed by atoms with Crippen LogP contribution in [0.3, 0.4) is 0 Å². The number of primary amides is 1. The highest BCUT2D eigenvalue weighted by molar-refractivity contribution is 9.10. The summed E-state index contributed by atoms with van der Waals surface area (Å²) in [5.74, 6) is 1.16. The van der Waals surface area contributed by atoms with E-state index in [-0.39, 0.29) is 7.43 Å². The fraction of sp³-hybridized carbons (Fsp3) is 0.136. The number of hydrogen-bond donors (Lipinski definition) is 2. The smallest absolute Gasteiger partial charge is 0.250 e. The molecule has 0 saturated carbocycles. The van der Waals surface area contributed by atoms with E-state index < -0.39 is 5.91 Å². The van der Waals surface area contributed by atoms with Gasteiger partial charge in [0, 0.05) is 28.5 Å². The Bertz CT molecular complexity index is 1260. The van der Waals surface area contributed by atoms with E-state index in [1.165, 1.54) is 0 Å². The lowest BCUT2D eigenvalue weighted by atomic mass is 10.1. The van der Waals surface area contributed by atoms with E-state index in [0.29, 0.717) is 40.0 Å². The van der Waals surface area contributed by atoms with Crippen molar-refractivity contribution in [3.05, 3.63) is 64.9 Å². The largest absolute Gasteiger partial charge is 0.493 e. The minimum atomic E-state index is -0.545. The molecule has 2 heterocycles. The van der Waals surface area contributed by atoms with Crippen molar-refractivity contribution in [1.29, 1.82) is 0 Å². The molecular weight excluding hydrogens is 462 g/mol. The van der Waals surface area contributed by atoms with Crippen LogP contribution in [0.15, 0.2) is 59.3 Å². The lowest BCUT2D eigenvalue weighted by Gasteiger charge is -2.14. The molecule has 0 atom stereocenters. The van der Waals surface area contributed by atoms with Gasteiger partial charge in [-0.15, -0.1) is 0 Å². The molecule has 1 amide bonds. The molecule has 2 aromatic heterocycles. The Morgan fingerprint density at radius 2 is 1.87 bits per heavy atom. The fourth-order valence-corrected chi connectivity index (χ4v) is 3.47. The average Bonchev–Trinajstić information content (AvgIpc) is 3.23. The van der Waals surface area contributed by atoms with E-state index in [2.05, 4.69) is 26.2 Å². The molecule has 31 heavy (non-hydrogen) atoms. The quantitative estimate of drug-likeness (QED) is 0.413. The van der Waals surface area contributed by atoms with Crippen molar-refractivity contribution in [2.75, 3.05) is 19.5 Å². The summed E-state index contributed by atoms with van der Waals surface area (Å²) < 4.78 is 13.3. The lowest BCUT2D eigenvalue weighted by molar-refractivity contribution is 0.100. The van der Waals surface area contributed by atoms with Crippen LogP contribution in [0.1, 0.15) is 17.8 Å². The summed E-state index contributed by atoms with van der Waals surface area (Å²) in [6.07, 6.45) is 3.46. The van der Waals surface area contributed by atoms with Gasteiger partial charge in [0.15, 0.2) is 11.5 Å². The molecule has 0 aliphatic carbocycles. The Morgan fingerprint density at radius 3 is 2.58 bits per heavy atom. The molecule has 9 heteroatoms. The summed E-state index contributed by atoms with van der Waals surface area (Å²) in [6, 6.07) is 12.7. The maximum absolute atomic E-state index is 11.9. The van der Waals surface area contributed by atoms with Gasteiger partial charge in [0.05, 0.1) is 31.2 Å². The molecule has 4 aromatic rings. The van der Waals surface area contributed by atoms with Crippen LogP contribution in [0.4, 0.5) is 11.6 Å². The summed E-state index contributed by atoms with van der Waals surface area (Å²) in [5.41, 5.74) is 8.62. The van der Waals surface area contributed by atoms with Crippen LogP contribution in [0.2, 0.25) is 0 Å². The number of nitrogens with two attached hydrogens (primary N) is 1. The van der Waals surface area contributed by atoms with Gasteiger partial charge in [-0.2, -0.15) is 0 Å². The minimum Gasteiger partial charge on any atom is -0.493 e. The third-order valence-corrected chi connectivity index (χ3v) is 5.06. The normalized spacial score (nSPS) is 10.4. The molecule has 0 radical (unpaired) electrons. The van der Waals surface area contributed by atoms with Crippen LogP contribution < -0.4 is 20.5 Å². The number of nitrogens with one attached hydrogen (secondary N) is 1. The second-order valence-electron chi connectivity index (χ2n) is 6.37.